The highest BCUT2D eigenvalue weighted by Crippen LogP contribution is 2.33. The maximum absolute atomic E-state index is 14.3. The van der Waals surface area contributed by atoms with Crippen molar-refractivity contribution in [2.24, 2.45) is 0 Å². The van der Waals surface area contributed by atoms with Gasteiger partial charge in [-0.2, -0.15) is 4.39 Å². The Morgan fingerprint density at radius 2 is 1.76 bits per heavy atom. The van der Waals surface area contributed by atoms with E-state index in [9.17, 15) is 19.1 Å². The number of aromatic nitrogens is 2. The molecule has 2 atom stereocenters. The van der Waals surface area contributed by atoms with Crippen LogP contribution in [0.25, 0.3) is 11.3 Å². The Morgan fingerprint density at radius 3 is 2.43 bits per heavy atom. The van der Waals surface area contributed by atoms with Crippen LogP contribution in [0.5, 0.6) is 11.6 Å². The normalized spacial score (nSPS) is 12.4. The second-order valence-corrected chi connectivity index (χ2v) is 8.37. The van der Waals surface area contributed by atoms with Crippen molar-refractivity contribution in [3.8, 4) is 22.9 Å². The van der Waals surface area contributed by atoms with E-state index >= 15 is 0 Å². The fourth-order valence-electron chi connectivity index (χ4n) is 3.49. The quantitative estimate of drug-likeness (QED) is 0.257. The molecule has 2 N–H and O–H groups in total. The van der Waals surface area contributed by atoms with Gasteiger partial charge in [-0.25, -0.2) is 9.78 Å². The summed E-state index contributed by atoms with van der Waals surface area (Å²) in [7, 11) is 0. The summed E-state index contributed by atoms with van der Waals surface area (Å²) in [5.41, 5.74) is 1.05. The number of aliphatic carboxylic acids is 1. The predicted octanol–water partition coefficient (Wildman–Crippen LogP) is 6.82. The highest BCUT2D eigenvalue weighted by molar-refractivity contribution is 6.31. The number of hydrogen-bond acceptors (Lipinski definition) is 7. The van der Waals surface area contributed by atoms with Crippen LogP contribution < -0.4 is 10.1 Å². The van der Waals surface area contributed by atoms with Gasteiger partial charge in [0.15, 0.2) is 5.69 Å². The molecule has 2 aromatic carbocycles. The molecule has 2 unspecified atom stereocenters. The van der Waals surface area contributed by atoms with Gasteiger partial charge in [0.25, 0.3) is 0 Å². The van der Waals surface area contributed by atoms with Gasteiger partial charge >= 0.3 is 18.1 Å². The molecule has 0 aliphatic heterocycles. The van der Waals surface area contributed by atoms with Crippen molar-refractivity contribution < 1.29 is 33.1 Å². The molecule has 4 rings (SSSR count). The summed E-state index contributed by atoms with van der Waals surface area (Å²) >= 11 is 6.14. The van der Waals surface area contributed by atoms with Crippen molar-refractivity contribution in [3.05, 3.63) is 89.0 Å². The van der Waals surface area contributed by atoms with Crippen LogP contribution >= 0.6 is 11.6 Å². The highest BCUT2D eigenvalue weighted by atomic mass is 35.5. The van der Waals surface area contributed by atoms with E-state index in [4.69, 9.17) is 21.1 Å². The SMILES string of the molecule is CC(OC(=O)Nc1c(-c2ccc(Oc3ccccc3C(C)C(=O)O)nc2)noc1F)c1ccccc1Cl. The number of pyridine rings is 1. The fourth-order valence-corrected chi connectivity index (χ4v) is 3.78. The molecule has 0 fully saturated rings. The van der Waals surface area contributed by atoms with E-state index in [-0.39, 0.29) is 17.3 Å². The minimum atomic E-state index is -1.12. The Hall–Kier alpha value is -4.44. The van der Waals surface area contributed by atoms with E-state index in [1.807, 2.05) is 0 Å². The average Bonchev–Trinajstić information content (AvgIpc) is 3.24. The molecule has 2 aromatic heterocycles. The van der Waals surface area contributed by atoms with Crippen molar-refractivity contribution >= 4 is 29.4 Å². The maximum atomic E-state index is 14.3. The van der Waals surface area contributed by atoms with Crippen molar-refractivity contribution in [2.45, 2.75) is 25.9 Å². The molecule has 0 aliphatic carbocycles. The molecule has 0 aliphatic rings. The minimum Gasteiger partial charge on any atom is -0.481 e. The lowest BCUT2D eigenvalue weighted by atomic mass is 10.0. The first kappa shape index (κ1) is 25.6. The number of anilines is 1. The van der Waals surface area contributed by atoms with E-state index in [1.54, 1.807) is 62.4 Å². The number of carbonyl (C=O) groups excluding carboxylic acids is 1. The lowest BCUT2D eigenvalue weighted by Gasteiger charge is -2.15. The van der Waals surface area contributed by atoms with Crippen LogP contribution in [0.3, 0.4) is 0 Å². The number of amides is 1. The highest BCUT2D eigenvalue weighted by Gasteiger charge is 2.23. The number of para-hydroxylation sites is 1. The number of nitrogens with one attached hydrogen (secondary N) is 1. The van der Waals surface area contributed by atoms with E-state index in [2.05, 4.69) is 20.0 Å². The van der Waals surface area contributed by atoms with Gasteiger partial charge in [0.2, 0.25) is 5.88 Å². The lowest BCUT2D eigenvalue weighted by Crippen LogP contribution is -2.17. The van der Waals surface area contributed by atoms with Crippen molar-refractivity contribution in [2.75, 3.05) is 5.32 Å². The predicted molar refractivity (Wildman–Crippen MR) is 132 cm³/mol. The second kappa shape index (κ2) is 11.1. The van der Waals surface area contributed by atoms with Crippen LogP contribution in [-0.4, -0.2) is 27.3 Å². The number of halogens is 2. The number of benzene rings is 2. The zero-order valence-corrected chi connectivity index (χ0v) is 20.4. The molecule has 37 heavy (non-hydrogen) atoms. The fraction of sp³-hybridized carbons (Fsp3) is 0.154. The van der Waals surface area contributed by atoms with Gasteiger partial charge in [-0.05, 0) is 32.0 Å². The Balaban J connectivity index is 1.49. The van der Waals surface area contributed by atoms with Crippen molar-refractivity contribution in [3.63, 3.8) is 0 Å². The Labute approximate surface area is 215 Å². The molecule has 1 amide bonds. The summed E-state index contributed by atoms with van der Waals surface area (Å²) in [5.74, 6) is -1.28. The summed E-state index contributed by atoms with van der Waals surface area (Å²) in [6.07, 6.45) is -0.295. The third-order valence-electron chi connectivity index (χ3n) is 5.48. The Kier molecular flexibility index (Phi) is 7.69. The largest absolute Gasteiger partial charge is 0.481 e. The summed E-state index contributed by atoms with van der Waals surface area (Å²) in [5, 5.41) is 15.7. The van der Waals surface area contributed by atoms with Gasteiger partial charge < -0.3 is 19.1 Å². The van der Waals surface area contributed by atoms with Gasteiger partial charge in [-0.15, -0.1) is 0 Å². The number of carbonyl (C=O) groups is 2. The molecule has 0 saturated carbocycles. The van der Waals surface area contributed by atoms with E-state index < -0.39 is 30.1 Å². The zero-order chi connectivity index (χ0) is 26.5. The number of nitrogens with zero attached hydrogens (tertiary/aromatic N) is 2. The van der Waals surface area contributed by atoms with Crippen LogP contribution in [0, 0.1) is 6.01 Å². The van der Waals surface area contributed by atoms with E-state index in [1.165, 1.54) is 18.3 Å². The van der Waals surface area contributed by atoms with Gasteiger partial charge in [0.1, 0.15) is 17.5 Å². The third kappa shape index (κ3) is 5.87. The van der Waals surface area contributed by atoms with Crippen molar-refractivity contribution in [1.82, 2.24) is 10.1 Å². The summed E-state index contributed by atoms with van der Waals surface area (Å²) in [4.78, 5) is 28.0. The molecular formula is C26H21ClFN3O6. The first-order valence-electron chi connectivity index (χ1n) is 11.1. The second-order valence-electron chi connectivity index (χ2n) is 7.96. The number of hydrogen-bond donors (Lipinski definition) is 2. The molecule has 0 radical (unpaired) electrons. The van der Waals surface area contributed by atoms with E-state index in [0.717, 1.165) is 0 Å². The van der Waals surface area contributed by atoms with Crippen molar-refractivity contribution in [1.29, 1.82) is 0 Å². The monoisotopic (exact) mass is 525 g/mol. The molecule has 0 saturated heterocycles. The molecular weight excluding hydrogens is 505 g/mol. The lowest BCUT2D eigenvalue weighted by molar-refractivity contribution is -0.138. The number of carboxylic acids is 1. The van der Waals surface area contributed by atoms with Gasteiger partial charge in [0.05, 0.1) is 5.92 Å². The summed E-state index contributed by atoms with van der Waals surface area (Å²) in [6, 6.07) is 15.5. The van der Waals surface area contributed by atoms with E-state index in [0.29, 0.717) is 27.5 Å². The smallest absolute Gasteiger partial charge is 0.412 e. The number of rotatable bonds is 8. The molecule has 0 spiro atoms. The van der Waals surface area contributed by atoms with Gasteiger partial charge in [-0.3, -0.25) is 10.1 Å². The van der Waals surface area contributed by atoms with Gasteiger partial charge in [0, 0.05) is 34.0 Å². The summed E-state index contributed by atoms with van der Waals surface area (Å²) < 4.78 is 30.0. The zero-order valence-electron chi connectivity index (χ0n) is 19.6. The minimum absolute atomic E-state index is 0.0150. The molecule has 190 valence electrons. The molecule has 2 heterocycles. The molecule has 11 heteroatoms. The van der Waals surface area contributed by atoms with Crippen LogP contribution in [0.2, 0.25) is 5.02 Å². The van der Waals surface area contributed by atoms with Crippen LogP contribution in [-0.2, 0) is 9.53 Å². The maximum Gasteiger partial charge on any atom is 0.412 e. The number of carboxylic acid groups (broad SMARTS) is 1. The van der Waals surface area contributed by atoms with Gasteiger partial charge in [-0.1, -0.05) is 53.2 Å². The molecule has 9 nitrogen and oxygen atoms in total. The van der Waals surface area contributed by atoms with Crippen LogP contribution in [0.4, 0.5) is 14.9 Å². The summed E-state index contributed by atoms with van der Waals surface area (Å²) in [6.45, 7) is 3.18. The molecule has 0 bridgehead atoms. The number of ether oxygens (including phenoxy) is 2. The molecule has 4 aromatic rings. The Morgan fingerprint density at radius 1 is 1.05 bits per heavy atom. The van der Waals surface area contributed by atoms with Crippen LogP contribution in [0.1, 0.15) is 37.0 Å². The van der Waals surface area contributed by atoms with Crippen LogP contribution in [0.15, 0.2) is 71.4 Å². The first-order chi connectivity index (χ1) is 17.7. The average molecular weight is 526 g/mol. The third-order valence-corrected chi connectivity index (χ3v) is 5.83. The standard InChI is InChI=1S/C26H21ClFN3O6/c1-14(25(32)33)17-7-4-6-10-20(17)36-21-12-11-16(13-29-21)22-23(24(28)37-31-22)30-26(34)35-15(2)18-8-3-5-9-19(18)27/h3-15H,1-2H3,(H,30,34)(H,32,33). The Bertz CT molecular complexity index is 1430. The first-order valence-corrected chi connectivity index (χ1v) is 11.5. The topological polar surface area (TPSA) is 124 Å².